The van der Waals surface area contributed by atoms with Crippen LogP contribution in [0.3, 0.4) is 0 Å². The number of piperidine rings is 2. The van der Waals surface area contributed by atoms with Gasteiger partial charge in [0.1, 0.15) is 0 Å². The molecule has 2 atom stereocenters. The molecule has 2 N–H and O–H groups in total. The van der Waals surface area contributed by atoms with Crippen LogP contribution in [0.15, 0.2) is 24.3 Å². The number of urea groups is 1. The second-order valence-electron chi connectivity index (χ2n) is 6.81. The van der Waals surface area contributed by atoms with E-state index in [0.29, 0.717) is 6.54 Å². The highest BCUT2D eigenvalue weighted by molar-refractivity contribution is 5.74. The van der Waals surface area contributed by atoms with Crippen LogP contribution in [-0.2, 0) is 0 Å². The number of benzene rings is 1. The lowest BCUT2D eigenvalue weighted by atomic mass is 10.0. The normalized spacial score (nSPS) is 25.3. The van der Waals surface area contributed by atoms with Gasteiger partial charge in [-0.2, -0.15) is 0 Å². The van der Waals surface area contributed by atoms with Gasteiger partial charge in [-0.25, -0.2) is 4.79 Å². The molecule has 23 heavy (non-hydrogen) atoms. The number of carbonyl (C=O) groups excluding carboxylic acids is 1. The monoisotopic (exact) mass is 317 g/mol. The zero-order valence-corrected chi connectivity index (χ0v) is 13.9. The molecule has 1 aromatic carbocycles. The second-order valence-corrected chi connectivity index (χ2v) is 6.81. The number of hydrogen-bond acceptors (Lipinski definition) is 3. The molecule has 2 saturated heterocycles. The van der Waals surface area contributed by atoms with E-state index in [1.54, 1.807) is 4.90 Å². The van der Waals surface area contributed by atoms with Crippen molar-refractivity contribution in [1.29, 1.82) is 0 Å². The standard InChI is InChI=1S/C18H27N3O2/c1-14-6-8-16(9-7-14)20-10-2-4-15(12-20)19-18(23)21-11-3-5-17(22)13-21/h6-9,15,17,22H,2-5,10-13H2,1H3,(H,19,23). The summed E-state index contributed by atoms with van der Waals surface area (Å²) in [4.78, 5) is 16.5. The maximum Gasteiger partial charge on any atom is 0.317 e. The number of likely N-dealkylation sites (tertiary alicyclic amines) is 1. The van der Waals surface area contributed by atoms with Gasteiger partial charge < -0.3 is 20.2 Å². The lowest BCUT2D eigenvalue weighted by molar-refractivity contribution is 0.0831. The van der Waals surface area contributed by atoms with Crippen LogP contribution in [-0.4, -0.2) is 54.4 Å². The predicted molar refractivity (Wildman–Crippen MR) is 91.8 cm³/mol. The van der Waals surface area contributed by atoms with E-state index in [0.717, 1.165) is 45.3 Å². The number of hydrogen-bond donors (Lipinski definition) is 2. The molecule has 0 spiro atoms. The van der Waals surface area contributed by atoms with Gasteiger partial charge in [0.2, 0.25) is 0 Å². The fourth-order valence-corrected chi connectivity index (χ4v) is 3.49. The molecular weight excluding hydrogens is 290 g/mol. The Morgan fingerprint density at radius 3 is 2.61 bits per heavy atom. The molecule has 2 aliphatic rings. The van der Waals surface area contributed by atoms with E-state index in [1.807, 2.05) is 0 Å². The average Bonchev–Trinajstić information content (AvgIpc) is 2.56. The fourth-order valence-electron chi connectivity index (χ4n) is 3.49. The van der Waals surface area contributed by atoms with Crippen LogP contribution in [0.4, 0.5) is 10.5 Å². The third-order valence-corrected chi connectivity index (χ3v) is 4.83. The number of amides is 2. The van der Waals surface area contributed by atoms with Gasteiger partial charge in [-0.15, -0.1) is 0 Å². The molecule has 126 valence electrons. The molecule has 1 aromatic rings. The minimum absolute atomic E-state index is 0.0282. The minimum atomic E-state index is -0.370. The molecule has 0 aliphatic carbocycles. The Hall–Kier alpha value is -1.75. The molecule has 2 aliphatic heterocycles. The Balaban J connectivity index is 1.56. The van der Waals surface area contributed by atoms with Crippen LogP contribution < -0.4 is 10.2 Å². The van der Waals surface area contributed by atoms with Gasteiger partial charge in [-0.05, 0) is 44.7 Å². The number of aliphatic hydroxyl groups is 1. The van der Waals surface area contributed by atoms with E-state index in [1.165, 1.54) is 11.3 Å². The number of aliphatic hydroxyl groups excluding tert-OH is 1. The Morgan fingerprint density at radius 2 is 1.87 bits per heavy atom. The number of nitrogens with zero attached hydrogens (tertiary/aromatic N) is 2. The quantitative estimate of drug-likeness (QED) is 0.878. The first-order chi connectivity index (χ1) is 11.1. The molecule has 3 rings (SSSR count). The zero-order chi connectivity index (χ0) is 16.2. The highest BCUT2D eigenvalue weighted by Gasteiger charge is 2.26. The van der Waals surface area contributed by atoms with Crippen LogP contribution in [0.5, 0.6) is 0 Å². The van der Waals surface area contributed by atoms with Crippen LogP contribution >= 0.6 is 0 Å². The molecule has 5 nitrogen and oxygen atoms in total. The highest BCUT2D eigenvalue weighted by Crippen LogP contribution is 2.21. The van der Waals surface area contributed by atoms with Crippen LogP contribution in [0, 0.1) is 6.92 Å². The second kappa shape index (κ2) is 7.21. The van der Waals surface area contributed by atoms with E-state index in [4.69, 9.17) is 0 Å². The fraction of sp³-hybridized carbons (Fsp3) is 0.611. The van der Waals surface area contributed by atoms with Crippen LogP contribution in [0.2, 0.25) is 0 Å². The van der Waals surface area contributed by atoms with Crippen LogP contribution in [0.1, 0.15) is 31.2 Å². The summed E-state index contributed by atoms with van der Waals surface area (Å²) >= 11 is 0. The number of aryl methyl sites for hydroxylation is 1. The number of nitrogens with one attached hydrogen (secondary N) is 1. The van der Waals surface area contributed by atoms with Crippen molar-refractivity contribution in [1.82, 2.24) is 10.2 Å². The molecular formula is C18H27N3O2. The van der Waals surface area contributed by atoms with Gasteiger partial charge in [-0.3, -0.25) is 0 Å². The molecule has 0 saturated carbocycles. The van der Waals surface area contributed by atoms with Gasteiger partial charge in [0.15, 0.2) is 0 Å². The maximum absolute atomic E-state index is 12.4. The molecule has 2 heterocycles. The third-order valence-electron chi connectivity index (χ3n) is 4.83. The number of anilines is 1. The first kappa shape index (κ1) is 16.1. The van der Waals surface area contributed by atoms with Gasteiger partial charge in [0.05, 0.1) is 6.10 Å². The van der Waals surface area contributed by atoms with Gasteiger partial charge in [-0.1, -0.05) is 17.7 Å². The van der Waals surface area contributed by atoms with Crippen molar-refractivity contribution < 1.29 is 9.90 Å². The van der Waals surface area contributed by atoms with Crippen molar-refractivity contribution in [3.63, 3.8) is 0 Å². The van der Waals surface area contributed by atoms with E-state index >= 15 is 0 Å². The Labute approximate surface area is 138 Å². The smallest absolute Gasteiger partial charge is 0.317 e. The van der Waals surface area contributed by atoms with Gasteiger partial charge in [0.25, 0.3) is 0 Å². The largest absolute Gasteiger partial charge is 0.391 e. The van der Waals surface area contributed by atoms with Crippen molar-refractivity contribution >= 4 is 11.7 Å². The SMILES string of the molecule is Cc1ccc(N2CCCC(NC(=O)N3CCCC(O)C3)C2)cc1. The summed E-state index contributed by atoms with van der Waals surface area (Å²) in [6.07, 6.45) is 3.42. The van der Waals surface area contributed by atoms with E-state index in [9.17, 15) is 9.90 Å². The highest BCUT2D eigenvalue weighted by atomic mass is 16.3. The van der Waals surface area contributed by atoms with Gasteiger partial charge >= 0.3 is 6.03 Å². The molecule has 5 heteroatoms. The van der Waals surface area contributed by atoms with Crippen molar-refractivity contribution in [2.75, 3.05) is 31.1 Å². The zero-order valence-electron chi connectivity index (χ0n) is 13.9. The molecule has 2 amide bonds. The van der Waals surface area contributed by atoms with E-state index in [2.05, 4.69) is 41.4 Å². The van der Waals surface area contributed by atoms with Crippen molar-refractivity contribution in [2.24, 2.45) is 0 Å². The van der Waals surface area contributed by atoms with Gasteiger partial charge in [0, 0.05) is 37.9 Å². The Kier molecular flexibility index (Phi) is 5.06. The Morgan fingerprint density at radius 1 is 1.13 bits per heavy atom. The van der Waals surface area contributed by atoms with Crippen LogP contribution in [0.25, 0.3) is 0 Å². The van der Waals surface area contributed by atoms with E-state index < -0.39 is 0 Å². The summed E-state index contributed by atoms with van der Waals surface area (Å²) in [5.41, 5.74) is 2.49. The topological polar surface area (TPSA) is 55.8 Å². The van der Waals surface area contributed by atoms with E-state index in [-0.39, 0.29) is 18.2 Å². The first-order valence-electron chi connectivity index (χ1n) is 8.67. The third kappa shape index (κ3) is 4.16. The summed E-state index contributed by atoms with van der Waals surface area (Å²) in [7, 11) is 0. The van der Waals surface area contributed by atoms with Crippen molar-refractivity contribution in [3.05, 3.63) is 29.8 Å². The molecule has 2 unspecified atom stereocenters. The first-order valence-corrected chi connectivity index (χ1v) is 8.67. The summed E-state index contributed by atoms with van der Waals surface area (Å²) in [6.45, 7) is 5.19. The summed E-state index contributed by atoms with van der Waals surface area (Å²) < 4.78 is 0. The Bertz CT molecular complexity index is 532. The minimum Gasteiger partial charge on any atom is -0.391 e. The summed E-state index contributed by atoms with van der Waals surface area (Å²) in [5, 5.41) is 12.9. The van der Waals surface area contributed by atoms with Crippen molar-refractivity contribution in [2.45, 2.75) is 44.8 Å². The predicted octanol–water partition coefficient (Wildman–Crippen LogP) is 2.13. The summed E-state index contributed by atoms with van der Waals surface area (Å²) in [6, 6.07) is 8.72. The maximum atomic E-state index is 12.4. The lowest BCUT2D eigenvalue weighted by Gasteiger charge is -2.37. The number of carbonyl (C=O) groups is 1. The molecule has 0 aromatic heterocycles. The van der Waals surface area contributed by atoms with Crippen molar-refractivity contribution in [3.8, 4) is 0 Å². The summed E-state index contributed by atoms with van der Waals surface area (Å²) in [5.74, 6) is 0. The molecule has 0 bridgehead atoms. The molecule has 2 fully saturated rings. The number of rotatable bonds is 2. The molecule has 0 radical (unpaired) electrons. The number of β-amino-alcohol motifs (C(OH)–C–C–N with tert-alkyl or cyclic N) is 1. The average molecular weight is 317 g/mol. The lowest BCUT2D eigenvalue weighted by Crippen LogP contribution is -2.54.